The minimum absolute atomic E-state index is 0.139. The van der Waals surface area contributed by atoms with E-state index in [2.05, 4.69) is 10.2 Å². The van der Waals surface area contributed by atoms with Crippen molar-refractivity contribution >= 4 is 22.6 Å². The summed E-state index contributed by atoms with van der Waals surface area (Å²) in [5.74, 6) is -4.20. The van der Waals surface area contributed by atoms with Gasteiger partial charge in [-0.25, -0.2) is 17.9 Å². The normalized spacial score (nSPS) is 14.2. The molecule has 1 aromatic heterocycles. The Morgan fingerprint density at radius 3 is 1.88 bits per heavy atom. The predicted octanol–water partition coefficient (Wildman–Crippen LogP) is 8.25. The van der Waals surface area contributed by atoms with Gasteiger partial charge in [0.15, 0.2) is 23.2 Å². The summed E-state index contributed by atoms with van der Waals surface area (Å²) < 4.78 is 52.2. The molecule has 0 unspecified atom stereocenters. The molecule has 0 bridgehead atoms. The van der Waals surface area contributed by atoms with Gasteiger partial charge in [-0.1, -0.05) is 97.1 Å². The lowest BCUT2D eigenvalue weighted by Crippen LogP contribution is -2.39. The average Bonchev–Trinajstić information content (AvgIpc) is 3.47. The van der Waals surface area contributed by atoms with E-state index in [1.54, 1.807) is 18.2 Å². The number of likely N-dealkylation sites (tertiary alicyclic amines) is 1. The summed E-state index contributed by atoms with van der Waals surface area (Å²) >= 11 is 0. The molecule has 1 aliphatic rings. The molecule has 0 atom stereocenters. The van der Waals surface area contributed by atoms with Gasteiger partial charge in [0, 0.05) is 17.4 Å². The predicted molar refractivity (Wildman–Crippen MR) is 185 cm³/mol. The fourth-order valence-electron chi connectivity index (χ4n) is 7.04. The van der Waals surface area contributed by atoms with Crippen LogP contribution in [0.3, 0.4) is 0 Å². The summed E-state index contributed by atoms with van der Waals surface area (Å²) in [7, 11) is 3.16. The zero-order valence-electron chi connectivity index (χ0n) is 27.2. The molecular weight excluding hydrogens is 625 g/mol. The first-order valence-electron chi connectivity index (χ1n) is 16.2. The number of benzene rings is 5. The molecule has 5 aromatic carbocycles. The number of hydrogen-bond acceptors (Lipinski definition) is 4. The number of rotatable bonds is 8. The fraction of sp³-hybridized carbons (Fsp3) is 0.200. The van der Waals surface area contributed by atoms with E-state index in [-0.39, 0.29) is 23.2 Å². The molecule has 0 spiro atoms. The van der Waals surface area contributed by atoms with Crippen LogP contribution >= 0.6 is 0 Å². The van der Waals surface area contributed by atoms with Gasteiger partial charge >= 0.3 is 0 Å². The maximum atomic E-state index is 15.6. The maximum Gasteiger partial charge on any atom is 0.228 e. The Morgan fingerprint density at radius 1 is 0.796 bits per heavy atom. The third-order valence-corrected chi connectivity index (χ3v) is 9.52. The molecule has 1 aliphatic heterocycles. The number of hydrogen-bond donors (Lipinski definition) is 1. The lowest BCUT2D eigenvalue weighted by molar-refractivity contribution is -0.121. The van der Waals surface area contributed by atoms with Gasteiger partial charge in [0.2, 0.25) is 5.91 Å². The molecule has 7 rings (SSSR count). The van der Waals surface area contributed by atoms with Crippen molar-refractivity contribution < 1.29 is 22.7 Å². The lowest BCUT2D eigenvalue weighted by Gasteiger charge is -2.37. The van der Waals surface area contributed by atoms with Crippen LogP contribution < -0.4 is 10.1 Å². The number of aromatic nitrogens is 2. The molecule has 248 valence electrons. The number of amides is 1. The van der Waals surface area contributed by atoms with Gasteiger partial charge in [-0.15, -0.1) is 0 Å². The van der Waals surface area contributed by atoms with Crippen LogP contribution in [-0.2, 0) is 10.3 Å². The van der Waals surface area contributed by atoms with Gasteiger partial charge in [-0.2, -0.15) is 5.10 Å². The Morgan fingerprint density at radius 2 is 1.35 bits per heavy atom. The van der Waals surface area contributed by atoms with Crippen molar-refractivity contribution in [1.29, 1.82) is 0 Å². The Hall–Kier alpha value is -5.41. The van der Waals surface area contributed by atoms with Gasteiger partial charge in [-0.05, 0) is 67.4 Å². The van der Waals surface area contributed by atoms with E-state index in [1.807, 2.05) is 103 Å². The summed E-state index contributed by atoms with van der Waals surface area (Å²) in [6.07, 6.45) is 1.39. The first-order chi connectivity index (χ1) is 23.8. The smallest absolute Gasteiger partial charge is 0.228 e. The number of carbonyl (C=O) groups excluding carboxylic acids is 1. The van der Waals surface area contributed by atoms with E-state index in [9.17, 15) is 9.18 Å². The molecule has 0 aliphatic carbocycles. The summed E-state index contributed by atoms with van der Waals surface area (Å²) in [5.41, 5.74) is 2.00. The van der Waals surface area contributed by atoms with Crippen LogP contribution in [0.5, 0.6) is 5.75 Å². The van der Waals surface area contributed by atoms with Crippen LogP contribution in [0.25, 0.3) is 22.0 Å². The zero-order valence-corrected chi connectivity index (χ0v) is 27.2. The van der Waals surface area contributed by atoms with E-state index in [1.165, 1.54) is 0 Å². The number of halogens is 3. The Bertz CT molecular complexity index is 2020. The first kappa shape index (κ1) is 32.2. The number of anilines is 1. The van der Waals surface area contributed by atoms with E-state index >= 15 is 8.78 Å². The first-order valence-corrected chi connectivity index (χ1v) is 16.2. The minimum atomic E-state index is -1.16. The summed E-state index contributed by atoms with van der Waals surface area (Å²) in [4.78, 5) is 16.0. The van der Waals surface area contributed by atoms with Crippen molar-refractivity contribution in [3.63, 3.8) is 0 Å². The van der Waals surface area contributed by atoms with Gasteiger partial charge < -0.3 is 15.0 Å². The third-order valence-electron chi connectivity index (χ3n) is 9.52. The Labute approximate surface area is 282 Å². The van der Waals surface area contributed by atoms with Crippen LogP contribution in [-0.4, -0.2) is 47.8 Å². The van der Waals surface area contributed by atoms with E-state index in [0.29, 0.717) is 29.8 Å². The molecule has 6 nitrogen and oxygen atoms in total. The van der Waals surface area contributed by atoms with Crippen LogP contribution in [0.15, 0.2) is 115 Å². The van der Waals surface area contributed by atoms with Crippen molar-refractivity contribution in [2.24, 2.45) is 5.92 Å². The molecule has 0 radical (unpaired) electrons. The molecule has 49 heavy (non-hydrogen) atoms. The molecule has 2 heterocycles. The van der Waals surface area contributed by atoms with Gasteiger partial charge in [0.1, 0.15) is 11.4 Å². The number of carbonyl (C=O) groups is 1. The molecule has 1 fully saturated rings. The van der Waals surface area contributed by atoms with Crippen molar-refractivity contribution in [3.05, 3.63) is 149 Å². The highest BCUT2D eigenvalue weighted by molar-refractivity contribution is 6.02. The average molecular weight is 661 g/mol. The number of piperidine rings is 1. The molecule has 0 saturated carbocycles. The number of fused-ring (bicyclic) bond motifs is 1. The Balaban J connectivity index is 1.52. The highest BCUT2D eigenvalue weighted by Gasteiger charge is 2.41. The number of ether oxygens (including phenoxy) is 1. The van der Waals surface area contributed by atoms with Crippen LogP contribution in [0.4, 0.5) is 19.0 Å². The van der Waals surface area contributed by atoms with E-state index in [0.717, 1.165) is 36.9 Å². The van der Waals surface area contributed by atoms with Gasteiger partial charge in [0.25, 0.3) is 0 Å². The largest absolute Gasteiger partial charge is 0.491 e. The molecule has 1 amide bonds. The highest BCUT2D eigenvalue weighted by Crippen LogP contribution is 2.45. The summed E-state index contributed by atoms with van der Waals surface area (Å²) in [5, 5.41) is 8.73. The number of methoxy groups -OCH3 is 1. The standard InChI is InChI=1S/C40H35F3N4O2/c1-46-22-20-26(21-23-46)39(48)44-38-31-24-27(35-32(41)25-33(42)37(49-2)36(35)43)18-19-34(31)47(45-38)40(28-12-6-3-7-13-28,29-14-8-4-9-15-29)30-16-10-5-11-17-30/h3-19,24-26H,20-23H2,1-2H3,(H,44,45,48). The van der Waals surface area contributed by atoms with Crippen molar-refractivity contribution in [1.82, 2.24) is 14.7 Å². The second kappa shape index (κ2) is 13.2. The van der Waals surface area contributed by atoms with Crippen LogP contribution in [0.1, 0.15) is 29.5 Å². The van der Waals surface area contributed by atoms with Crippen molar-refractivity contribution in [3.8, 4) is 16.9 Å². The van der Waals surface area contributed by atoms with Gasteiger partial charge in [-0.3, -0.25) is 4.79 Å². The summed E-state index contributed by atoms with van der Waals surface area (Å²) in [6, 6.07) is 35.4. The summed E-state index contributed by atoms with van der Waals surface area (Å²) in [6.45, 7) is 1.59. The second-order valence-electron chi connectivity index (χ2n) is 12.4. The number of nitrogens with one attached hydrogen (secondary N) is 1. The maximum absolute atomic E-state index is 15.6. The Kier molecular flexibility index (Phi) is 8.69. The molecule has 1 saturated heterocycles. The number of nitrogens with zero attached hydrogens (tertiary/aromatic N) is 3. The van der Waals surface area contributed by atoms with Crippen LogP contribution in [0, 0.1) is 23.4 Å². The quantitative estimate of drug-likeness (QED) is 0.167. The van der Waals surface area contributed by atoms with Crippen molar-refractivity contribution in [2.45, 2.75) is 18.4 Å². The minimum Gasteiger partial charge on any atom is -0.491 e. The van der Waals surface area contributed by atoms with E-state index in [4.69, 9.17) is 9.84 Å². The molecule has 1 N–H and O–H groups in total. The topological polar surface area (TPSA) is 59.4 Å². The molecular formula is C40H35F3N4O2. The lowest BCUT2D eigenvalue weighted by atomic mass is 9.77. The SMILES string of the molecule is COc1c(F)cc(F)c(-c2ccc3c(c2)c(NC(=O)C2CCN(C)CC2)nn3C(c2ccccc2)(c2ccccc2)c2ccccc2)c1F. The fourth-order valence-corrected chi connectivity index (χ4v) is 7.04. The molecule has 6 aromatic rings. The van der Waals surface area contributed by atoms with Crippen molar-refractivity contribution in [2.75, 3.05) is 32.6 Å². The third kappa shape index (κ3) is 5.64. The molecule has 9 heteroatoms. The van der Waals surface area contributed by atoms with Crippen LogP contribution in [0.2, 0.25) is 0 Å². The monoisotopic (exact) mass is 660 g/mol. The highest BCUT2D eigenvalue weighted by atomic mass is 19.1. The second-order valence-corrected chi connectivity index (χ2v) is 12.4. The van der Waals surface area contributed by atoms with Gasteiger partial charge in [0.05, 0.1) is 18.2 Å². The van der Waals surface area contributed by atoms with E-state index < -0.39 is 34.3 Å². The zero-order chi connectivity index (χ0) is 34.1.